The Morgan fingerprint density at radius 2 is 1.86 bits per heavy atom. The number of nitrogens with two attached hydrogens (primary N) is 1. The average molecular weight is 382 g/mol. The van der Waals surface area contributed by atoms with Crippen LogP contribution in [0.2, 0.25) is 0 Å². The van der Waals surface area contributed by atoms with E-state index in [-0.39, 0.29) is 6.01 Å². The largest absolute Gasteiger partial charge is 0.461 e. The highest BCUT2D eigenvalue weighted by Crippen LogP contribution is 2.21. The molecule has 148 valence electrons. The summed E-state index contributed by atoms with van der Waals surface area (Å²) in [6.45, 7) is 4.89. The smallest absolute Gasteiger partial charge is 0.320 e. The summed E-state index contributed by atoms with van der Waals surface area (Å²) in [5.74, 6) is 0.318. The maximum absolute atomic E-state index is 6.04. The lowest BCUT2D eigenvalue weighted by Gasteiger charge is -2.15. The van der Waals surface area contributed by atoms with Crippen LogP contribution >= 0.6 is 0 Å². The molecule has 3 heterocycles. The van der Waals surface area contributed by atoms with E-state index in [1.54, 1.807) is 13.4 Å². The van der Waals surface area contributed by atoms with Gasteiger partial charge in [0.1, 0.15) is 6.61 Å². The number of nitrogens with zero attached hydrogens (tertiary/aromatic N) is 5. The fraction of sp³-hybridized carbons (Fsp3) is 0.450. The van der Waals surface area contributed by atoms with Crippen LogP contribution in [0.4, 0.5) is 5.82 Å². The van der Waals surface area contributed by atoms with Crippen LogP contribution in [-0.4, -0.2) is 57.8 Å². The fourth-order valence-electron chi connectivity index (χ4n) is 3.56. The van der Waals surface area contributed by atoms with Gasteiger partial charge in [0, 0.05) is 13.7 Å². The number of anilines is 1. The number of likely N-dealkylation sites (tertiary alicyclic amines) is 1. The highest BCUT2D eigenvalue weighted by atomic mass is 16.5. The molecule has 2 N–H and O–H groups in total. The number of methoxy groups -OCH3 is 1. The Kier molecular flexibility index (Phi) is 5.68. The number of aromatic nitrogens is 4. The Morgan fingerprint density at radius 3 is 2.64 bits per heavy atom. The second-order valence-corrected chi connectivity index (χ2v) is 7.08. The van der Waals surface area contributed by atoms with E-state index in [0.29, 0.717) is 36.7 Å². The van der Waals surface area contributed by atoms with Crippen LogP contribution in [0.5, 0.6) is 6.01 Å². The zero-order valence-corrected chi connectivity index (χ0v) is 16.2. The summed E-state index contributed by atoms with van der Waals surface area (Å²) in [6.07, 6.45) is 4.36. The van der Waals surface area contributed by atoms with Crippen molar-refractivity contribution in [1.29, 1.82) is 0 Å². The summed E-state index contributed by atoms with van der Waals surface area (Å²) < 4.78 is 12.5. The molecule has 1 aromatic carbocycles. The third-order valence-electron chi connectivity index (χ3n) is 4.94. The molecule has 1 saturated heterocycles. The van der Waals surface area contributed by atoms with Gasteiger partial charge >= 0.3 is 6.01 Å². The highest BCUT2D eigenvalue weighted by Gasteiger charge is 2.14. The molecule has 0 radical (unpaired) electrons. The van der Waals surface area contributed by atoms with Gasteiger partial charge in [0.25, 0.3) is 0 Å². The third kappa shape index (κ3) is 4.23. The van der Waals surface area contributed by atoms with Crippen molar-refractivity contribution in [1.82, 2.24) is 24.4 Å². The second kappa shape index (κ2) is 8.53. The first-order valence-corrected chi connectivity index (χ1v) is 9.63. The van der Waals surface area contributed by atoms with E-state index in [9.17, 15) is 0 Å². The summed E-state index contributed by atoms with van der Waals surface area (Å²) in [7, 11) is 1.62. The van der Waals surface area contributed by atoms with Crippen molar-refractivity contribution in [3.05, 3.63) is 41.7 Å². The number of nitrogen functional groups attached to an aromatic ring is 1. The van der Waals surface area contributed by atoms with E-state index in [0.717, 1.165) is 6.54 Å². The Labute approximate surface area is 164 Å². The van der Waals surface area contributed by atoms with E-state index in [2.05, 4.69) is 44.1 Å². The number of imidazole rings is 1. The molecule has 0 amide bonds. The Hall–Kier alpha value is -2.71. The first-order chi connectivity index (χ1) is 13.7. The van der Waals surface area contributed by atoms with Crippen molar-refractivity contribution in [3.63, 3.8) is 0 Å². The van der Waals surface area contributed by atoms with Gasteiger partial charge in [-0.25, -0.2) is 4.98 Å². The number of rotatable bonds is 8. The van der Waals surface area contributed by atoms with Crippen molar-refractivity contribution >= 4 is 17.0 Å². The van der Waals surface area contributed by atoms with E-state index in [1.165, 1.54) is 37.1 Å². The molecule has 0 atom stereocenters. The van der Waals surface area contributed by atoms with Gasteiger partial charge in [-0.05, 0) is 37.1 Å². The van der Waals surface area contributed by atoms with Crippen LogP contribution in [0.3, 0.4) is 0 Å². The highest BCUT2D eigenvalue weighted by molar-refractivity contribution is 5.81. The van der Waals surface area contributed by atoms with Crippen molar-refractivity contribution in [2.24, 2.45) is 0 Å². The molecule has 8 heteroatoms. The first-order valence-electron chi connectivity index (χ1n) is 9.63. The van der Waals surface area contributed by atoms with Gasteiger partial charge in [0.15, 0.2) is 17.0 Å². The molecule has 1 fully saturated rings. The van der Waals surface area contributed by atoms with Gasteiger partial charge in [0.2, 0.25) is 0 Å². The maximum Gasteiger partial charge on any atom is 0.320 e. The quantitative estimate of drug-likeness (QED) is 0.596. The minimum absolute atomic E-state index is 0.242. The molecular formula is C20H26N6O2. The molecule has 0 saturated carbocycles. The van der Waals surface area contributed by atoms with E-state index < -0.39 is 0 Å². The lowest BCUT2D eigenvalue weighted by molar-refractivity contribution is 0.141. The Balaban J connectivity index is 1.54. The minimum atomic E-state index is 0.242. The van der Waals surface area contributed by atoms with E-state index in [1.807, 2.05) is 4.57 Å². The lowest BCUT2D eigenvalue weighted by atomic mass is 10.1. The second-order valence-electron chi connectivity index (χ2n) is 7.08. The number of fused-ring (bicyclic) bond motifs is 1. The molecule has 2 aromatic heterocycles. The Bertz CT molecular complexity index is 936. The third-order valence-corrected chi connectivity index (χ3v) is 4.94. The van der Waals surface area contributed by atoms with Crippen molar-refractivity contribution in [2.45, 2.75) is 25.9 Å². The van der Waals surface area contributed by atoms with E-state index in [4.69, 9.17) is 15.2 Å². The zero-order chi connectivity index (χ0) is 19.3. The molecule has 4 rings (SSSR count). The zero-order valence-electron chi connectivity index (χ0n) is 16.2. The summed E-state index contributed by atoms with van der Waals surface area (Å²) in [4.78, 5) is 15.6. The van der Waals surface area contributed by atoms with Crippen LogP contribution in [0.15, 0.2) is 30.6 Å². The van der Waals surface area contributed by atoms with Crippen LogP contribution in [0.1, 0.15) is 24.0 Å². The number of ether oxygens (including phenoxy) is 2. The SMILES string of the molecule is COCCOc1nc(N)c2ncn(Cc3cccc(CN4CCCC4)c3)c2n1. The summed E-state index contributed by atoms with van der Waals surface area (Å²) in [6, 6.07) is 8.93. The van der Waals surface area contributed by atoms with Crippen molar-refractivity contribution in [2.75, 3.05) is 39.1 Å². The predicted octanol–water partition coefficient (Wildman–Crippen LogP) is 2.08. The maximum atomic E-state index is 6.04. The molecule has 3 aromatic rings. The summed E-state index contributed by atoms with van der Waals surface area (Å²) in [5.41, 5.74) is 9.84. The van der Waals surface area contributed by atoms with Gasteiger partial charge in [-0.3, -0.25) is 4.90 Å². The number of benzene rings is 1. The minimum Gasteiger partial charge on any atom is -0.461 e. The van der Waals surface area contributed by atoms with Crippen molar-refractivity contribution < 1.29 is 9.47 Å². The summed E-state index contributed by atoms with van der Waals surface area (Å²) in [5, 5.41) is 0. The molecule has 1 aliphatic rings. The topological polar surface area (TPSA) is 91.3 Å². The van der Waals surface area contributed by atoms with Gasteiger partial charge in [0.05, 0.1) is 19.5 Å². The Morgan fingerprint density at radius 1 is 1.07 bits per heavy atom. The fourth-order valence-corrected chi connectivity index (χ4v) is 3.56. The molecule has 0 unspecified atom stereocenters. The predicted molar refractivity (Wildman–Crippen MR) is 107 cm³/mol. The number of hydrogen-bond acceptors (Lipinski definition) is 7. The van der Waals surface area contributed by atoms with Gasteiger partial charge in [-0.2, -0.15) is 9.97 Å². The van der Waals surface area contributed by atoms with Crippen molar-refractivity contribution in [3.8, 4) is 6.01 Å². The van der Waals surface area contributed by atoms with E-state index >= 15 is 0 Å². The van der Waals surface area contributed by atoms with Crippen LogP contribution in [-0.2, 0) is 17.8 Å². The van der Waals surface area contributed by atoms with Gasteiger partial charge in [-0.1, -0.05) is 24.3 Å². The summed E-state index contributed by atoms with van der Waals surface area (Å²) >= 11 is 0. The monoisotopic (exact) mass is 382 g/mol. The lowest BCUT2D eigenvalue weighted by Crippen LogP contribution is -2.18. The van der Waals surface area contributed by atoms with Crippen LogP contribution in [0, 0.1) is 0 Å². The molecule has 0 aliphatic carbocycles. The normalized spacial score (nSPS) is 14.8. The average Bonchev–Trinajstić information content (AvgIpc) is 3.33. The van der Waals surface area contributed by atoms with Gasteiger partial charge in [-0.15, -0.1) is 0 Å². The van der Waals surface area contributed by atoms with Crippen LogP contribution < -0.4 is 10.5 Å². The standard InChI is InChI=1S/C20H26N6O2/c1-27-9-10-28-20-23-18(21)17-19(24-20)26(14-22-17)13-16-6-4-5-15(11-16)12-25-7-2-3-8-25/h4-6,11,14H,2-3,7-10,12-13H2,1H3,(H2,21,23,24). The molecular weight excluding hydrogens is 356 g/mol. The van der Waals surface area contributed by atoms with Gasteiger partial charge < -0.3 is 19.8 Å². The first kappa shape index (κ1) is 18.6. The van der Waals surface area contributed by atoms with Crippen LogP contribution in [0.25, 0.3) is 11.2 Å². The molecule has 0 spiro atoms. The molecule has 1 aliphatic heterocycles. The molecule has 0 bridgehead atoms. The molecule has 8 nitrogen and oxygen atoms in total. The molecule has 28 heavy (non-hydrogen) atoms. The number of hydrogen-bond donors (Lipinski definition) is 1.